The molecule has 0 radical (unpaired) electrons. The van der Waals surface area contributed by atoms with Crippen molar-refractivity contribution < 1.29 is 9.62 Å². The molecule has 3 heterocycles. The van der Waals surface area contributed by atoms with E-state index in [1.54, 1.807) is 12.4 Å². The van der Waals surface area contributed by atoms with Crippen LogP contribution in [0.4, 0.5) is 0 Å². The number of halogens is 1. The van der Waals surface area contributed by atoms with Crippen LogP contribution in [0.15, 0.2) is 69.0 Å². The fraction of sp³-hybridized carbons (Fsp3) is 0. The van der Waals surface area contributed by atoms with E-state index in [2.05, 4.69) is 26.1 Å². The molecule has 0 spiro atoms. The Morgan fingerprint density at radius 1 is 1.18 bits per heavy atom. The van der Waals surface area contributed by atoms with Crippen molar-refractivity contribution in [2.24, 2.45) is 5.16 Å². The first-order valence-electron chi connectivity index (χ1n) is 6.59. The minimum Gasteiger partial charge on any atom is -0.454 e. The Bertz CT molecular complexity index is 1070. The quantitative estimate of drug-likeness (QED) is 0.417. The highest BCUT2D eigenvalue weighted by atomic mass is 79.9. The number of fused-ring (bicyclic) bond motifs is 2. The molecule has 0 aliphatic rings. The first-order chi connectivity index (χ1) is 10.7. The van der Waals surface area contributed by atoms with Crippen molar-refractivity contribution in [3.8, 4) is 11.5 Å². The maximum Gasteiger partial charge on any atom is 0.155 e. The second-order valence-electron chi connectivity index (χ2n) is 4.86. The van der Waals surface area contributed by atoms with Gasteiger partial charge in [0.1, 0.15) is 16.6 Å². The Hall–Kier alpha value is -2.60. The number of aromatic nitrogens is 2. The van der Waals surface area contributed by atoms with Crippen LogP contribution >= 0.6 is 15.9 Å². The van der Waals surface area contributed by atoms with Crippen molar-refractivity contribution in [3.63, 3.8) is 0 Å². The monoisotopic (exact) mass is 355 g/mol. The van der Waals surface area contributed by atoms with E-state index < -0.39 is 0 Å². The topological polar surface area (TPSA) is 63.0 Å². The van der Waals surface area contributed by atoms with E-state index in [1.807, 2.05) is 47.0 Å². The van der Waals surface area contributed by atoms with Gasteiger partial charge in [-0.05, 0) is 40.2 Å². The number of rotatable bonds is 1. The van der Waals surface area contributed by atoms with Crippen LogP contribution in [0.2, 0.25) is 0 Å². The largest absolute Gasteiger partial charge is 0.454 e. The molecule has 0 amide bonds. The van der Waals surface area contributed by atoms with Crippen molar-refractivity contribution in [1.29, 1.82) is 0 Å². The Morgan fingerprint density at radius 2 is 2.05 bits per heavy atom. The molecule has 4 aromatic rings. The van der Waals surface area contributed by atoms with Gasteiger partial charge in [0.2, 0.25) is 0 Å². The highest BCUT2D eigenvalue weighted by molar-refractivity contribution is 9.10. The van der Waals surface area contributed by atoms with E-state index in [9.17, 15) is 5.21 Å². The van der Waals surface area contributed by atoms with Gasteiger partial charge in [0.15, 0.2) is 5.76 Å². The predicted octanol–water partition coefficient (Wildman–Crippen LogP) is 3.80. The maximum atomic E-state index is 9.23. The lowest BCUT2D eigenvalue weighted by molar-refractivity contribution is 0.302. The van der Waals surface area contributed by atoms with Crippen LogP contribution in [0.5, 0.6) is 0 Å². The van der Waals surface area contributed by atoms with Crippen molar-refractivity contribution >= 4 is 32.4 Å². The third-order valence-corrected chi connectivity index (χ3v) is 3.90. The van der Waals surface area contributed by atoms with Crippen molar-refractivity contribution in [1.82, 2.24) is 9.38 Å². The Labute approximate surface area is 133 Å². The minimum absolute atomic E-state index is 0.454. The number of hydrogen-bond donors (Lipinski definition) is 1. The minimum atomic E-state index is 0.454. The molecular weight excluding hydrogens is 346 g/mol. The molecule has 0 bridgehead atoms. The lowest BCUT2D eigenvalue weighted by Crippen LogP contribution is -2.03. The van der Waals surface area contributed by atoms with Gasteiger partial charge in [0.25, 0.3) is 0 Å². The van der Waals surface area contributed by atoms with Gasteiger partial charge >= 0.3 is 0 Å². The van der Waals surface area contributed by atoms with Crippen LogP contribution in [-0.2, 0) is 0 Å². The van der Waals surface area contributed by atoms with Crippen LogP contribution in [0.25, 0.3) is 27.9 Å². The molecule has 0 aliphatic heterocycles. The molecular formula is C16H10BrN3O2. The summed E-state index contributed by atoms with van der Waals surface area (Å²) in [5.74, 6) is 0.548. The van der Waals surface area contributed by atoms with Crippen molar-refractivity contribution in [3.05, 3.63) is 64.8 Å². The Morgan fingerprint density at radius 3 is 2.91 bits per heavy atom. The average molecular weight is 356 g/mol. The number of nitrogens with zero attached hydrogens (tertiary/aromatic N) is 3. The highest BCUT2D eigenvalue weighted by Crippen LogP contribution is 2.23. The van der Waals surface area contributed by atoms with Gasteiger partial charge < -0.3 is 14.0 Å². The van der Waals surface area contributed by atoms with Gasteiger partial charge in [-0.25, -0.2) is 4.98 Å². The van der Waals surface area contributed by atoms with Gasteiger partial charge in [-0.2, -0.15) is 0 Å². The lowest BCUT2D eigenvalue weighted by Gasteiger charge is -2.04. The van der Waals surface area contributed by atoms with Gasteiger partial charge in [0, 0.05) is 27.6 Å². The van der Waals surface area contributed by atoms with Crippen LogP contribution < -0.4 is 5.36 Å². The van der Waals surface area contributed by atoms with E-state index in [0.29, 0.717) is 22.4 Å². The fourth-order valence-electron chi connectivity index (χ4n) is 2.44. The van der Waals surface area contributed by atoms with E-state index in [1.165, 1.54) is 0 Å². The molecule has 0 saturated heterocycles. The van der Waals surface area contributed by atoms with Crippen LogP contribution in [-0.4, -0.2) is 14.6 Å². The molecule has 108 valence electrons. The molecule has 1 N–H and O–H groups in total. The SMILES string of the molecule is ON=c1cc(-c2cc3cc(Br)cn3cn2)oc2ccccc12. The molecule has 0 aliphatic carbocycles. The summed E-state index contributed by atoms with van der Waals surface area (Å²) < 4.78 is 8.78. The zero-order valence-corrected chi connectivity index (χ0v) is 12.9. The molecule has 0 unspecified atom stereocenters. The summed E-state index contributed by atoms with van der Waals surface area (Å²) in [5, 5.41) is 13.8. The summed E-state index contributed by atoms with van der Waals surface area (Å²) in [6, 6.07) is 13.0. The molecule has 0 fully saturated rings. The molecule has 0 atom stereocenters. The second kappa shape index (κ2) is 4.99. The zero-order valence-electron chi connectivity index (χ0n) is 11.3. The summed E-state index contributed by atoms with van der Waals surface area (Å²) in [5.41, 5.74) is 2.31. The van der Waals surface area contributed by atoms with Crippen LogP contribution in [0, 0.1) is 0 Å². The van der Waals surface area contributed by atoms with Gasteiger partial charge in [-0.15, -0.1) is 0 Å². The number of benzene rings is 1. The van der Waals surface area contributed by atoms with Gasteiger partial charge in [-0.1, -0.05) is 17.3 Å². The van der Waals surface area contributed by atoms with Gasteiger partial charge in [0.05, 0.1) is 6.33 Å². The summed E-state index contributed by atoms with van der Waals surface area (Å²) in [6.07, 6.45) is 3.65. The average Bonchev–Trinajstić information content (AvgIpc) is 2.92. The number of para-hydroxylation sites is 1. The van der Waals surface area contributed by atoms with E-state index >= 15 is 0 Å². The summed E-state index contributed by atoms with van der Waals surface area (Å²) in [6.45, 7) is 0. The van der Waals surface area contributed by atoms with Crippen LogP contribution in [0.1, 0.15) is 0 Å². The van der Waals surface area contributed by atoms with E-state index in [-0.39, 0.29) is 0 Å². The smallest absolute Gasteiger partial charge is 0.155 e. The summed E-state index contributed by atoms with van der Waals surface area (Å²) in [4.78, 5) is 4.40. The zero-order chi connectivity index (χ0) is 15.1. The molecule has 5 nitrogen and oxygen atoms in total. The molecule has 4 rings (SSSR count). The normalized spacial score (nSPS) is 12.3. The molecule has 1 aromatic carbocycles. The molecule has 3 aromatic heterocycles. The lowest BCUT2D eigenvalue weighted by atomic mass is 10.2. The third kappa shape index (κ3) is 2.08. The highest BCUT2D eigenvalue weighted by Gasteiger charge is 2.08. The van der Waals surface area contributed by atoms with E-state index in [4.69, 9.17) is 4.42 Å². The summed E-state index contributed by atoms with van der Waals surface area (Å²) >= 11 is 3.44. The first kappa shape index (κ1) is 13.1. The molecule has 0 saturated carbocycles. The first-order valence-corrected chi connectivity index (χ1v) is 7.38. The van der Waals surface area contributed by atoms with E-state index in [0.717, 1.165) is 15.4 Å². The molecule has 22 heavy (non-hydrogen) atoms. The third-order valence-electron chi connectivity index (χ3n) is 3.46. The molecule has 6 heteroatoms. The van der Waals surface area contributed by atoms with Gasteiger partial charge in [-0.3, -0.25) is 0 Å². The maximum absolute atomic E-state index is 9.23. The Kier molecular flexibility index (Phi) is 2.97. The van der Waals surface area contributed by atoms with Crippen molar-refractivity contribution in [2.45, 2.75) is 0 Å². The fourth-order valence-corrected chi connectivity index (χ4v) is 2.89. The van der Waals surface area contributed by atoms with Crippen LogP contribution in [0.3, 0.4) is 0 Å². The number of hydrogen-bond acceptors (Lipinski definition) is 4. The Balaban J connectivity index is 1.99. The summed E-state index contributed by atoms with van der Waals surface area (Å²) in [7, 11) is 0. The van der Waals surface area contributed by atoms with Crippen molar-refractivity contribution in [2.75, 3.05) is 0 Å². The standard InChI is InChI=1S/C16H10BrN3O2/c17-10-5-11-6-14(18-9-20(11)8-10)16-7-13(19-21)12-3-1-2-4-15(12)22-16/h1-9,21H. The predicted molar refractivity (Wildman–Crippen MR) is 85.4 cm³/mol. The second-order valence-corrected chi connectivity index (χ2v) is 5.77.